The summed E-state index contributed by atoms with van der Waals surface area (Å²) in [6.07, 6.45) is 1.30. The standard InChI is InChI=1S/C25H33NO8/c1-15-10-12-21(29)23(30)20(28)9-6-8-18-17(7-4-5-14-33-25(32)26-3)11-13-19(27)22(18)24(31)34-16(15)2/h11,13,15-16,27H,4-10,12,14H2,1-3H3,(H,26,32)/t15-,16-/m0/s1. The normalized spacial score (nSPS) is 20.2. The van der Waals surface area contributed by atoms with Crippen LogP contribution in [0.1, 0.15) is 73.9 Å². The summed E-state index contributed by atoms with van der Waals surface area (Å²) < 4.78 is 10.6. The first-order valence-corrected chi connectivity index (χ1v) is 11.6. The molecule has 186 valence electrons. The molecule has 0 bridgehead atoms. The number of aryl methyl sites for hydroxylation is 1. The third kappa shape index (κ3) is 7.40. The Labute approximate surface area is 199 Å². The second-order valence-electron chi connectivity index (χ2n) is 8.60. The predicted molar refractivity (Wildman–Crippen MR) is 123 cm³/mol. The number of ketones is 3. The maximum absolute atomic E-state index is 13.0. The first-order chi connectivity index (χ1) is 16.1. The van der Waals surface area contributed by atoms with Crippen LogP contribution in [0.3, 0.4) is 0 Å². The third-order valence-corrected chi connectivity index (χ3v) is 6.13. The molecule has 0 saturated carbocycles. The number of carbonyl (C=O) groups is 5. The van der Waals surface area contributed by atoms with Crippen LogP contribution in [-0.2, 0) is 36.7 Å². The van der Waals surface area contributed by atoms with Gasteiger partial charge in [-0.1, -0.05) is 13.0 Å². The summed E-state index contributed by atoms with van der Waals surface area (Å²) in [5, 5.41) is 12.9. The van der Waals surface area contributed by atoms with Gasteiger partial charge in [0.15, 0.2) is 0 Å². The molecule has 0 unspecified atom stereocenters. The van der Waals surface area contributed by atoms with Crippen molar-refractivity contribution in [2.24, 2.45) is 5.92 Å². The number of Topliss-reactive ketones (excluding diaryl/α,β-unsaturated/α-hetero) is 3. The van der Waals surface area contributed by atoms with Crippen LogP contribution in [0.5, 0.6) is 5.75 Å². The molecule has 2 N–H and O–H groups in total. The molecule has 0 spiro atoms. The van der Waals surface area contributed by atoms with Crippen LogP contribution in [0.25, 0.3) is 0 Å². The maximum atomic E-state index is 13.0. The van der Waals surface area contributed by atoms with Crippen molar-refractivity contribution in [1.82, 2.24) is 5.32 Å². The number of aromatic hydroxyl groups is 1. The Morgan fingerprint density at radius 1 is 1.09 bits per heavy atom. The highest BCUT2D eigenvalue weighted by Crippen LogP contribution is 2.30. The Kier molecular flexibility index (Phi) is 10.2. The SMILES string of the molecule is CNC(=O)OCCCCc1ccc(O)c2c1CCCC(=O)C(=O)C(=O)CC[C@H](C)[C@H](C)OC2=O. The molecule has 0 radical (unpaired) electrons. The van der Waals surface area contributed by atoms with Crippen molar-refractivity contribution in [1.29, 1.82) is 0 Å². The summed E-state index contributed by atoms with van der Waals surface area (Å²) >= 11 is 0. The molecule has 1 heterocycles. The number of rotatable bonds is 5. The monoisotopic (exact) mass is 475 g/mol. The first kappa shape index (κ1) is 27.0. The molecule has 0 aliphatic carbocycles. The Morgan fingerprint density at radius 3 is 2.50 bits per heavy atom. The number of phenols is 1. The molecular weight excluding hydrogens is 442 g/mol. The molecule has 2 atom stereocenters. The van der Waals surface area contributed by atoms with Crippen LogP contribution in [0.4, 0.5) is 4.79 Å². The number of carbonyl (C=O) groups excluding carboxylic acids is 5. The average molecular weight is 476 g/mol. The minimum absolute atomic E-state index is 0.0603. The minimum Gasteiger partial charge on any atom is -0.507 e. The molecule has 1 aromatic rings. The summed E-state index contributed by atoms with van der Waals surface area (Å²) in [7, 11) is 1.48. The van der Waals surface area contributed by atoms with E-state index in [1.165, 1.54) is 13.1 Å². The van der Waals surface area contributed by atoms with Crippen molar-refractivity contribution in [3.05, 3.63) is 28.8 Å². The fraction of sp³-hybridized carbons (Fsp3) is 0.560. The zero-order chi connectivity index (χ0) is 25.3. The topological polar surface area (TPSA) is 136 Å². The molecule has 1 aliphatic rings. The van der Waals surface area contributed by atoms with Gasteiger partial charge in [0.05, 0.1) is 6.61 Å². The molecule has 0 saturated heterocycles. The van der Waals surface area contributed by atoms with Gasteiger partial charge in [0.1, 0.15) is 17.4 Å². The van der Waals surface area contributed by atoms with Gasteiger partial charge in [0.2, 0.25) is 11.6 Å². The van der Waals surface area contributed by atoms with E-state index < -0.39 is 35.5 Å². The second-order valence-corrected chi connectivity index (χ2v) is 8.60. The number of benzene rings is 1. The average Bonchev–Trinajstić information content (AvgIpc) is 2.81. The van der Waals surface area contributed by atoms with Crippen LogP contribution < -0.4 is 5.32 Å². The molecule has 1 aromatic carbocycles. The number of unbranched alkanes of at least 4 members (excludes halogenated alkanes) is 1. The molecule has 1 amide bonds. The van der Waals surface area contributed by atoms with Crippen molar-refractivity contribution < 1.29 is 38.6 Å². The van der Waals surface area contributed by atoms with Gasteiger partial charge >= 0.3 is 12.1 Å². The number of nitrogens with one attached hydrogen (secondary N) is 1. The number of phenolic OH excluding ortho intramolecular Hbond substituents is 1. The van der Waals surface area contributed by atoms with E-state index in [9.17, 15) is 29.1 Å². The quantitative estimate of drug-likeness (QED) is 0.377. The van der Waals surface area contributed by atoms with Crippen molar-refractivity contribution in [3.8, 4) is 5.75 Å². The molecule has 9 nitrogen and oxygen atoms in total. The Hall–Kier alpha value is -3.23. The molecule has 9 heteroatoms. The zero-order valence-corrected chi connectivity index (χ0v) is 20.0. The van der Waals surface area contributed by atoms with E-state index in [1.54, 1.807) is 19.9 Å². The van der Waals surface area contributed by atoms with E-state index in [2.05, 4.69) is 5.32 Å². The smallest absolute Gasteiger partial charge is 0.406 e. The Balaban J connectivity index is 2.29. The fourth-order valence-electron chi connectivity index (χ4n) is 3.83. The Morgan fingerprint density at radius 2 is 1.79 bits per heavy atom. The Bertz CT molecular complexity index is 939. The number of fused-ring (bicyclic) bond motifs is 1. The van der Waals surface area contributed by atoms with E-state index >= 15 is 0 Å². The number of alkyl carbamates (subject to hydrolysis) is 1. The van der Waals surface area contributed by atoms with E-state index in [0.29, 0.717) is 31.2 Å². The van der Waals surface area contributed by atoms with Gasteiger partial charge in [-0.2, -0.15) is 0 Å². The van der Waals surface area contributed by atoms with Gasteiger partial charge < -0.3 is 19.9 Å². The largest absolute Gasteiger partial charge is 0.507 e. The van der Waals surface area contributed by atoms with Crippen molar-refractivity contribution in [3.63, 3.8) is 0 Å². The molecule has 2 rings (SSSR count). The summed E-state index contributed by atoms with van der Waals surface area (Å²) in [6, 6.07) is 3.16. The molecule has 0 fully saturated rings. The zero-order valence-electron chi connectivity index (χ0n) is 20.0. The van der Waals surface area contributed by atoms with Gasteiger partial charge in [-0.25, -0.2) is 9.59 Å². The number of hydrogen-bond donors (Lipinski definition) is 2. The van der Waals surface area contributed by atoms with E-state index in [4.69, 9.17) is 9.47 Å². The lowest BCUT2D eigenvalue weighted by molar-refractivity contribution is -0.144. The van der Waals surface area contributed by atoms with E-state index in [1.807, 2.05) is 0 Å². The van der Waals surface area contributed by atoms with Crippen LogP contribution in [0.2, 0.25) is 0 Å². The van der Waals surface area contributed by atoms with Gasteiger partial charge in [-0.05, 0) is 68.6 Å². The highest BCUT2D eigenvalue weighted by Gasteiger charge is 2.28. The van der Waals surface area contributed by atoms with Gasteiger partial charge in [0, 0.05) is 19.9 Å². The number of amides is 1. The summed E-state index contributed by atoms with van der Waals surface area (Å²) in [5.41, 5.74) is 1.41. The lowest BCUT2D eigenvalue weighted by Gasteiger charge is -2.22. The highest BCUT2D eigenvalue weighted by molar-refractivity contribution is 6.63. The lowest BCUT2D eigenvalue weighted by Crippen LogP contribution is -2.28. The van der Waals surface area contributed by atoms with Crippen LogP contribution in [0, 0.1) is 5.92 Å². The van der Waals surface area contributed by atoms with E-state index in [-0.39, 0.29) is 49.5 Å². The van der Waals surface area contributed by atoms with Gasteiger partial charge in [0.25, 0.3) is 5.78 Å². The first-order valence-electron chi connectivity index (χ1n) is 11.6. The van der Waals surface area contributed by atoms with Crippen LogP contribution in [-0.4, -0.2) is 54.3 Å². The molecule has 34 heavy (non-hydrogen) atoms. The number of cyclic esters (lactones) is 1. The number of ether oxygens (including phenoxy) is 2. The number of esters is 1. The van der Waals surface area contributed by atoms with Crippen LogP contribution in [0.15, 0.2) is 12.1 Å². The summed E-state index contributed by atoms with van der Waals surface area (Å²) in [6.45, 7) is 3.72. The predicted octanol–water partition coefficient (Wildman–Crippen LogP) is 3.08. The highest BCUT2D eigenvalue weighted by atomic mass is 16.5. The summed E-state index contributed by atoms with van der Waals surface area (Å²) in [4.78, 5) is 60.7. The van der Waals surface area contributed by atoms with Crippen molar-refractivity contribution in [2.45, 2.75) is 71.3 Å². The van der Waals surface area contributed by atoms with Gasteiger partial charge in [-0.3, -0.25) is 14.4 Å². The summed E-state index contributed by atoms with van der Waals surface area (Å²) in [5.74, 6) is -3.54. The van der Waals surface area contributed by atoms with Crippen molar-refractivity contribution >= 4 is 29.4 Å². The van der Waals surface area contributed by atoms with Gasteiger partial charge in [-0.15, -0.1) is 0 Å². The lowest BCUT2D eigenvalue weighted by atomic mass is 9.90. The molecule has 1 aliphatic heterocycles. The molecular formula is C25H33NO8. The van der Waals surface area contributed by atoms with E-state index in [0.717, 1.165) is 5.56 Å². The van der Waals surface area contributed by atoms with Crippen molar-refractivity contribution in [2.75, 3.05) is 13.7 Å². The minimum atomic E-state index is -0.985. The molecule has 0 aromatic heterocycles. The third-order valence-electron chi connectivity index (χ3n) is 6.13. The second kappa shape index (κ2) is 12.9. The fourth-order valence-corrected chi connectivity index (χ4v) is 3.83. The maximum Gasteiger partial charge on any atom is 0.406 e. The van der Waals surface area contributed by atoms with Crippen LogP contribution >= 0.6 is 0 Å². The number of hydrogen-bond acceptors (Lipinski definition) is 8.